The number of carbonyl (C=O) groups excluding carboxylic acids is 2. The maximum absolute atomic E-state index is 11.4. The molecule has 0 aliphatic heterocycles. The largest absolute Gasteiger partial charge is 0.493 e. The lowest BCUT2D eigenvalue weighted by Crippen LogP contribution is -1.98. The summed E-state index contributed by atoms with van der Waals surface area (Å²) in [4.78, 5) is 22.9. The first-order chi connectivity index (χ1) is 11.0. The topological polar surface area (TPSA) is 61.8 Å². The summed E-state index contributed by atoms with van der Waals surface area (Å²) in [7, 11) is 3.00. The van der Waals surface area contributed by atoms with Crippen LogP contribution in [0.1, 0.15) is 34.6 Å². The van der Waals surface area contributed by atoms with E-state index in [1.54, 1.807) is 36.4 Å². The first-order valence-corrected chi connectivity index (χ1v) is 7.02. The van der Waals surface area contributed by atoms with E-state index in [1.807, 2.05) is 0 Å². The number of methoxy groups -OCH3 is 2. The van der Waals surface area contributed by atoms with Crippen molar-refractivity contribution in [1.29, 1.82) is 0 Å². The quantitative estimate of drug-likeness (QED) is 0.757. The van der Waals surface area contributed by atoms with Crippen molar-refractivity contribution in [2.24, 2.45) is 0 Å². The molecule has 0 saturated heterocycles. The molecule has 0 aliphatic rings. The van der Waals surface area contributed by atoms with Crippen molar-refractivity contribution in [3.63, 3.8) is 0 Å². The molecule has 2 aromatic rings. The molecule has 0 N–H and O–H groups in total. The van der Waals surface area contributed by atoms with Crippen LogP contribution in [0.5, 0.6) is 23.0 Å². The SMILES string of the molecule is COc1cc(C(C)=O)ccc1Oc1ccc(C(C)=O)cc1OC. The molecule has 120 valence electrons. The maximum atomic E-state index is 11.4. The Bertz CT molecular complexity index is 686. The minimum absolute atomic E-state index is 0.0572. The van der Waals surface area contributed by atoms with Gasteiger partial charge in [0.1, 0.15) is 0 Å². The van der Waals surface area contributed by atoms with Gasteiger partial charge in [-0.05, 0) is 50.2 Å². The normalized spacial score (nSPS) is 10.1. The minimum Gasteiger partial charge on any atom is -0.493 e. The highest BCUT2D eigenvalue weighted by Gasteiger charge is 2.13. The zero-order chi connectivity index (χ0) is 17.0. The fourth-order valence-electron chi connectivity index (χ4n) is 2.06. The number of ether oxygens (including phenoxy) is 3. The Morgan fingerprint density at radius 1 is 0.696 bits per heavy atom. The second-order valence-corrected chi connectivity index (χ2v) is 4.95. The minimum atomic E-state index is -0.0572. The molecule has 0 unspecified atom stereocenters. The van der Waals surface area contributed by atoms with Crippen LogP contribution in [0.25, 0.3) is 0 Å². The molecule has 0 aromatic heterocycles. The number of benzene rings is 2. The first-order valence-electron chi connectivity index (χ1n) is 7.02. The van der Waals surface area contributed by atoms with Crippen molar-refractivity contribution in [2.75, 3.05) is 14.2 Å². The number of hydrogen-bond donors (Lipinski definition) is 0. The highest BCUT2D eigenvalue weighted by molar-refractivity contribution is 5.95. The molecular formula is C18H18O5. The molecule has 0 saturated carbocycles. The zero-order valence-corrected chi connectivity index (χ0v) is 13.5. The predicted octanol–water partition coefficient (Wildman–Crippen LogP) is 3.90. The van der Waals surface area contributed by atoms with Crippen molar-refractivity contribution < 1.29 is 23.8 Å². The average Bonchev–Trinajstić information content (AvgIpc) is 2.55. The molecule has 0 spiro atoms. The number of rotatable bonds is 6. The molecule has 0 atom stereocenters. The number of hydrogen-bond acceptors (Lipinski definition) is 5. The van der Waals surface area contributed by atoms with Gasteiger partial charge in [-0.3, -0.25) is 9.59 Å². The van der Waals surface area contributed by atoms with Gasteiger partial charge in [-0.25, -0.2) is 0 Å². The number of Topliss-reactive ketones (excluding diaryl/α,β-unsaturated/α-hetero) is 2. The Kier molecular flexibility index (Phi) is 5.01. The molecule has 0 bridgehead atoms. The molecule has 0 fully saturated rings. The van der Waals surface area contributed by atoms with Crippen molar-refractivity contribution in [3.8, 4) is 23.0 Å². The summed E-state index contributed by atoms with van der Waals surface area (Å²) in [6, 6.07) is 9.89. The summed E-state index contributed by atoms with van der Waals surface area (Å²) in [5, 5.41) is 0. The van der Waals surface area contributed by atoms with E-state index in [9.17, 15) is 9.59 Å². The average molecular weight is 314 g/mol. The van der Waals surface area contributed by atoms with Crippen LogP contribution in [0.4, 0.5) is 0 Å². The molecule has 2 rings (SSSR count). The van der Waals surface area contributed by atoms with Gasteiger partial charge >= 0.3 is 0 Å². The highest BCUT2D eigenvalue weighted by Crippen LogP contribution is 2.37. The van der Waals surface area contributed by atoms with Crippen LogP contribution in [0.2, 0.25) is 0 Å². The van der Waals surface area contributed by atoms with Crippen molar-refractivity contribution >= 4 is 11.6 Å². The molecule has 0 heterocycles. The fourth-order valence-corrected chi connectivity index (χ4v) is 2.06. The Hall–Kier alpha value is -2.82. The monoisotopic (exact) mass is 314 g/mol. The van der Waals surface area contributed by atoms with E-state index in [1.165, 1.54) is 28.1 Å². The summed E-state index contributed by atoms with van der Waals surface area (Å²) in [6.45, 7) is 2.97. The van der Waals surface area contributed by atoms with Gasteiger partial charge in [0.25, 0.3) is 0 Å². The van der Waals surface area contributed by atoms with Crippen LogP contribution < -0.4 is 14.2 Å². The van der Waals surface area contributed by atoms with E-state index in [-0.39, 0.29) is 11.6 Å². The van der Waals surface area contributed by atoms with E-state index in [0.717, 1.165) is 0 Å². The molecule has 5 nitrogen and oxygen atoms in total. The Balaban J connectivity index is 2.39. The fraction of sp³-hybridized carbons (Fsp3) is 0.222. The van der Waals surface area contributed by atoms with Crippen LogP contribution in [-0.4, -0.2) is 25.8 Å². The van der Waals surface area contributed by atoms with Gasteiger partial charge in [-0.1, -0.05) is 0 Å². The number of carbonyl (C=O) groups is 2. The third kappa shape index (κ3) is 3.69. The van der Waals surface area contributed by atoms with Crippen LogP contribution in [-0.2, 0) is 0 Å². The van der Waals surface area contributed by atoms with Gasteiger partial charge < -0.3 is 14.2 Å². The summed E-state index contributed by atoms with van der Waals surface area (Å²) < 4.78 is 16.4. The predicted molar refractivity (Wildman–Crippen MR) is 86.1 cm³/mol. The third-order valence-electron chi connectivity index (χ3n) is 3.36. The molecule has 23 heavy (non-hydrogen) atoms. The zero-order valence-electron chi connectivity index (χ0n) is 13.5. The van der Waals surface area contributed by atoms with Gasteiger partial charge in [0.2, 0.25) is 0 Å². The van der Waals surface area contributed by atoms with E-state index in [0.29, 0.717) is 34.1 Å². The lowest BCUT2D eigenvalue weighted by atomic mass is 10.1. The molecule has 0 aliphatic carbocycles. The van der Waals surface area contributed by atoms with Gasteiger partial charge in [-0.15, -0.1) is 0 Å². The molecule has 0 amide bonds. The Morgan fingerprint density at radius 2 is 1.09 bits per heavy atom. The third-order valence-corrected chi connectivity index (χ3v) is 3.36. The Morgan fingerprint density at radius 3 is 1.39 bits per heavy atom. The lowest BCUT2D eigenvalue weighted by Gasteiger charge is -2.14. The van der Waals surface area contributed by atoms with Crippen molar-refractivity contribution in [1.82, 2.24) is 0 Å². The van der Waals surface area contributed by atoms with E-state index in [2.05, 4.69) is 0 Å². The van der Waals surface area contributed by atoms with Gasteiger partial charge in [0, 0.05) is 11.1 Å². The van der Waals surface area contributed by atoms with Gasteiger partial charge in [-0.2, -0.15) is 0 Å². The van der Waals surface area contributed by atoms with E-state index >= 15 is 0 Å². The molecule has 5 heteroatoms. The van der Waals surface area contributed by atoms with Crippen LogP contribution in [0, 0.1) is 0 Å². The first kappa shape index (κ1) is 16.5. The van der Waals surface area contributed by atoms with E-state index < -0.39 is 0 Å². The van der Waals surface area contributed by atoms with E-state index in [4.69, 9.17) is 14.2 Å². The molecule has 2 aromatic carbocycles. The van der Waals surface area contributed by atoms with Crippen LogP contribution >= 0.6 is 0 Å². The highest BCUT2D eigenvalue weighted by atomic mass is 16.5. The standard InChI is InChI=1S/C18H18O5/c1-11(19)13-5-7-15(17(9-13)21-3)23-16-8-6-14(12(2)20)10-18(16)22-4/h5-10H,1-4H3. The van der Waals surface area contributed by atoms with Gasteiger partial charge in [0.05, 0.1) is 14.2 Å². The molecule has 0 radical (unpaired) electrons. The van der Waals surface area contributed by atoms with Crippen molar-refractivity contribution in [3.05, 3.63) is 47.5 Å². The van der Waals surface area contributed by atoms with Crippen LogP contribution in [0.3, 0.4) is 0 Å². The smallest absolute Gasteiger partial charge is 0.169 e. The summed E-state index contributed by atoms with van der Waals surface area (Å²) in [5.74, 6) is 1.67. The van der Waals surface area contributed by atoms with Crippen molar-refractivity contribution in [2.45, 2.75) is 13.8 Å². The summed E-state index contributed by atoms with van der Waals surface area (Å²) in [5.41, 5.74) is 1.07. The summed E-state index contributed by atoms with van der Waals surface area (Å²) in [6.07, 6.45) is 0. The molecular weight excluding hydrogens is 296 g/mol. The summed E-state index contributed by atoms with van der Waals surface area (Å²) >= 11 is 0. The lowest BCUT2D eigenvalue weighted by molar-refractivity contribution is 0.100. The van der Waals surface area contributed by atoms with Gasteiger partial charge in [0.15, 0.2) is 34.6 Å². The maximum Gasteiger partial charge on any atom is 0.169 e. The number of ketones is 2. The second kappa shape index (κ2) is 6.96. The Labute approximate surface area is 134 Å². The second-order valence-electron chi connectivity index (χ2n) is 4.95. The van der Waals surface area contributed by atoms with Crippen LogP contribution in [0.15, 0.2) is 36.4 Å².